The van der Waals surface area contributed by atoms with Gasteiger partial charge in [-0.3, -0.25) is 14.5 Å². The lowest BCUT2D eigenvalue weighted by atomic mass is 10.0. The van der Waals surface area contributed by atoms with E-state index in [1.807, 2.05) is 11.8 Å². The molecular formula is C16H24N4O3. The highest BCUT2D eigenvalue weighted by molar-refractivity contribution is 5.92. The molecule has 7 nitrogen and oxygen atoms in total. The molecule has 0 aromatic carbocycles. The molecule has 0 aliphatic carbocycles. The van der Waals surface area contributed by atoms with E-state index < -0.39 is 0 Å². The number of likely N-dealkylation sites (tertiary alicyclic amines) is 1. The van der Waals surface area contributed by atoms with Gasteiger partial charge in [-0.1, -0.05) is 6.92 Å². The Kier molecular flexibility index (Phi) is 4.77. The van der Waals surface area contributed by atoms with E-state index in [0.717, 1.165) is 32.8 Å². The normalized spacial score (nSPS) is 25.7. The quantitative estimate of drug-likeness (QED) is 0.787. The van der Waals surface area contributed by atoms with Gasteiger partial charge in [0.05, 0.1) is 13.2 Å². The van der Waals surface area contributed by atoms with Crippen molar-refractivity contribution in [3.63, 3.8) is 0 Å². The van der Waals surface area contributed by atoms with E-state index in [0.29, 0.717) is 30.7 Å². The van der Waals surface area contributed by atoms with E-state index in [2.05, 4.69) is 16.9 Å². The predicted octanol–water partition coefficient (Wildman–Crippen LogP) is 0.0559. The Hall–Kier alpha value is -1.73. The molecule has 0 saturated carbocycles. The number of hydrogen-bond donors (Lipinski definition) is 0. The lowest BCUT2D eigenvalue weighted by Gasteiger charge is -2.33. The molecule has 126 valence electrons. The molecule has 0 spiro atoms. The number of rotatable bonds is 3. The summed E-state index contributed by atoms with van der Waals surface area (Å²) in [5.41, 5.74) is 0.173. The van der Waals surface area contributed by atoms with Crippen LogP contribution in [0.1, 0.15) is 24.3 Å². The van der Waals surface area contributed by atoms with Crippen LogP contribution in [-0.4, -0.2) is 70.9 Å². The summed E-state index contributed by atoms with van der Waals surface area (Å²) in [6.45, 7) is 9.32. The van der Waals surface area contributed by atoms with E-state index in [9.17, 15) is 9.59 Å². The fraction of sp³-hybridized carbons (Fsp3) is 0.688. The number of morpholine rings is 1. The van der Waals surface area contributed by atoms with Gasteiger partial charge in [0, 0.05) is 44.8 Å². The topological polar surface area (TPSA) is 67.7 Å². The van der Waals surface area contributed by atoms with Crippen molar-refractivity contribution in [2.75, 3.05) is 39.4 Å². The van der Waals surface area contributed by atoms with Gasteiger partial charge in [0.25, 0.3) is 11.5 Å². The summed E-state index contributed by atoms with van der Waals surface area (Å²) >= 11 is 0. The highest BCUT2D eigenvalue weighted by atomic mass is 16.5. The largest absolute Gasteiger partial charge is 0.379 e. The van der Waals surface area contributed by atoms with E-state index in [-0.39, 0.29) is 11.5 Å². The standard InChI is InChI=1S/C16H24N4O3/c1-3-20-15(21)5-4-13(17-20)16(22)19-10-12(2)14(11-19)18-6-8-23-9-7-18/h4-5,12,14H,3,6-11H2,1-2H3/t12-,14-/m1/s1. The number of amides is 1. The van der Waals surface area contributed by atoms with Gasteiger partial charge in [-0.15, -0.1) is 0 Å². The summed E-state index contributed by atoms with van der Waals surface area (Å²) in [4.78, 5) is 28.6. The fourth-order valence-corrected chi connectivity index (χ4v) is 3.45. The predicted molar refractivity (Wildman–Crippen MR) is 85.4 cm³/mol. The molecule has 23 heavy (non-hydrogen) atoms. The van der Waals surface area contributed by atoms with Gasteiger partial charge in [0.15, 0.2) is 0 Å². The molecule has 7 heteroatoms. The first-order valence-electron chi connectivity index (χ1n) is 8.29. The zero-order chi connectivity index (χ0) is 16.4. The molecule has 0 unspecified atom stereocenters. The van der Waals surface area contributed by atoms with Crippen LogP contribution in [0.15, 0.2) is 16.9 Å². The molecule has 0 bridgehead atoms. The van der Waals surface area contributed by atoms with Gasteiger partial charge >= 0.3 is 0 Å². The van der Waals surface area contributed by atoms with E-state index in [1.165, 1.54) is 16.8 Å². The van der Waals surface area contributed by atoms with Gasteiger partial charge in [-0.05, 0) is 18.9 Å². The van der Waals surface area contributed by atoms with Crippen LogP contribution in [0.4, 0.5) is 0 Å². The maximum absolute atomic E-state index is 12.7. The molecular weight excluding hydrogens is 296 g/mol. The third kappa shape index (κ3) is 3.30. The molecule has 0 N–H and O–H groups in total. The minimum Gasteiger partial charge on any atom is -0.379 e. The first-order valence-corrected chi connectivity index (χ1v) is 8.29. The van der Waals surface area contributed by atoms with Crippen LogP contribution in [0, 0.1) is 5.92 Å². The van der Waals surface area contributed by atoms with Crippen molar-refractivity contribution in [3.8, 4) is 0 Å². The van der Waals surface area contributed by atoms with Gasteiger partial charge in [-0.2, -0.15) is 5.10 Å². The number of hydrogen-bond acceptors (Lipinski definition) is 5. The Morgan fingerprint density at radius 2 is 2.04 bits per heavy atom. The molecule has 2 atom stereocenters. The lowest BCUT2D eigenvalue weighted by Crippen LogP contribution is -2.47. The molecule has 1 aromatic heterocycles. The summed E-state index contributed by atoms with van der Waals surface area (Å²) < 4.78 is 6.74. The lowest BCUT2D eigenvalue weighted by molar-refractivity contribution is 0.0119. The molecule has 1 amide bonds. The molecule has 2 fully saturated rings. The fourth-order valence-electron chi connectivity index (χ4n) is 3.45. The molecule has 3 heterocycles. The SMILES string of the molecule is CCn1nc(C(=O)N2C[C@@H](C)[C@H](N3CCOCC3)C2)ccc1=O. The molecule has 3 rings (SSSR count). The van der Waals surface area contributed by atoms with Crippen LogP contribution in [0.25, 0.3) is 0 Å². The zero-order valence-corrected chi connectivity index (χ0v) is 13.8. The minimum atomic E-state index is -0.176. The Bertz CT molecular complexity index is 624. The molecule has 1 aromatic rings. The summed E-state index contributed by atoms with van der Waals surface area (Å²) in [6.07, 6.45) is 0. The minimum absolute atomic E-state index is 0.0881. The highest BCUT2D eigenvalue weighted by Crippen LogP contribution is 2.23. The van der Waals surface area contributed by atoms with Gasteiger partial charge in [-0.25, -0.2) is 4.68 Å². The van der Waals surface area contributed by atoms with E-state index >= 15 is 0 Å². The van der Waals surface area contributed by atoms with Crippen molar-refractivity contribution in [2.24, 2.45) is 5.92 Å². The van der Waals surface area contributed by atoms with Crippen molar-refractivity contribution in [3.05, 3.63) is 28.2 Å². The van der Waals surface area contributed by atoms with Crippen molar-refractivity contribution in [1.82, 2.24) is 19.6 Å². The molecule has 2 aliphatic heterocycles. The average molecular weight is 320 g/mol. The van der Waals surface area contributed by atoms with Crippen molar-refractivity contribution in [2.45, 2.75) is 26.4 Å². The number of carbonyl (C=O) groups is 1. The third-order valence-corrected chi connectivity index (χ3v) is 4.76. The first kappa shape index (κ1) is 16.1. The Balaban J connectivity index is 1.72. The van der Waals surface area contributed by atoms with Crippen LogP contribution < -0.4 is 5.56 Å². The maximum Gasteiger partial charge on any atom is 0.274 e. The summed E-state index contributed by atoms with van der Waals surface area (Å²) in [5.74, 6) is 0.337. The summed E-state index contributed by atoms with van der Waals surface area (Å²) in [6, 6.07) is 3.33. The van der Waals surface area contributed by atoms with Crippen molar-refractivity contribution in [1.29, 1.82) is 0 Å². The molecule has 2 aliphatic rings. The zero-order valence-electron chi connectivity index (χ0n) is 13.8. The van der Waals surface area contributed by atoms with E-state index in [1.54, 1.807) is 0 Å². The number of aryl methyl sites for hydroxylation is 1. The van der Waals surface area contributed by atoms with Crippen LogP contribution in [-0.2, 0) is 11.3 Å². The Morgan fingerprint density at radius 1 is 1.30 bits per heavy atom. The number of carbonyl (C=O) groups excluding carboxylic acids is 1. The maximum atomic E-state index is 12.7. The number of ether oxygens (including phenoxy) is 1. The van der Waals surface area contributed by atoms with Crippen LogP contribution in [0.2, 0.25) is 0 Å². The number of nitrogens with zero attached hydrogens (tertiary/aromatic N) is 4. The number of aromatic nitrogens is 2. The second-order valence-electron chi connectivity index (χ2n) is 6.28. The van der Waals surface area contributed by atoms with Crippen LogP contribution in [0.5, 0.6) is 0 Å². The van der Waals surface area contributed by atoms with E-state index in [4.69, 9.17) is 4.74 Å². The van der Waals surface area contributed by atoms with Crippen molar-refractivity contribution >= 4 is 5.91 Å². The second kappa shape index (κ2) is 6.80. The second-order valence-corrected chi connectivity index (χ2v) is 6.28. The van der Waals surface area contributed by atoms with Crippen LogP contribution in [0.3, 0.4) is 0 Å². The first-order chi connectivity index (χ1) is 11.1. The third-order valence-electron chi connectivity index (χ3n) is 4.76. The monoisotopic (exact) mass is 320 g/mol. The van der Waals surface area contributed by atoms with Gasteiger partial charge in [0.2, 0.25) is 0 Å². The smallest absolute Gasteiger partial charge is 0.274 e. The van der Waals surface area contributed by atoms with Gasteiger partial charge in [0.1, 0.15) is 5.69 Å². The molecule has 0 radical (unpaired) electrons. The Morgan fingerprint density at radius 3 is 2.74 bits per heavy atom. The Labute approximate surface area is 135 Å². The average Bonchev–Trinajstić information content (AvgIpc) is 2.97. The summed E-state index contributed by atoms with van der Waals surface area (Å²) in [7, 11) is 0. The summed E-state index contributed by atoms with van der Waals surface area (Å²) in [5, 5.41) is 4.18. The van der Waals surface area contributed by atoms with Crippen molar-refractivity contribution < 1.29 is 9.53 Å². The van der Waals surface area contributed by atoms with Crippen LogP contribution >= 0.6 is 0 Å². The van der Waals surface area contributed by atoms with Gasteiger partial charge < -0.3 is 9.64 Å². The molecule has 2 saturated heterocycles. The highest BCUT2D eigenvalue weighted by Gasteiger charge is 2.37.